The van der Waals surface area contributed by atoms with Crippen molar-refractivity contribution in [3.8, 4) is 11.5 Å². The molecule has 0 aromatic heterocycles. The van der Waals surface area contributed by atoms with Gasteiger partial charge in [0.25, 0.3) is 0 Å². The molecule has 1 aliphatic rings. The van der Waals surface area contributed by atoms with Gasteiger partial charge in [-0.05, 0) is 30.5 Å². The Morgan fingerprint density at radius 1 is 1.32 bits per heavy atom. The molecule has 1 aromatic rings. The highest BCUT2D eigenvalue weighted by Crippen LogP contribution is 2.28. The molecule has 0 atom stereocenters. The number of aliphatic imine (C=N–C) groups is 1. The second kappa shape index (κ2) is 5.82. The summed E-state index contributed by atoms with van der Waals surface area (Å²) in [4.78, 5) is 6.45. The molecule has 0 unspecified atom stereocenters. The van der Waals surface area contributed by atoms with Crippen LogP contribution in [0.4, 0.5) is 0 Å². The maximum atomic E-state index is 5.95. The van der Waals surface area contributed by atoms with Crippen LogP contribution in [0.3, 0.4) is 0 Å². The van der Waals surface area contributed by atoms with Gasteiger partial charge in [0.05, 0.1) is 20.8 Å². The van der Waals surface area contributed by atoms with E-state index in [2.05, 4.69) is 4.99 Å². The fourth-order valence-corrected chi connectivity index (χ4v) is 1.91. The third-order valence-corrected chi connectivity index (χ3v) is 3.33. The van der Waals surface area contributed by atoms with Crippen molar-refractivity contribution < 1.29 is 9.47 Å². The molecule has 19 heavy (non-hydrogen) atoms. The Balaban J connectivity index is 2.04. The van der Waals surface area contributed by atoms with Crippen LogP contribution in [0.15, 0.2) is 23.2 Å². The smallest absolute Gasteiger partial charge is 0.191 e. The lowest BCUT2D eigenvalue weighted by molar-refractivity contribution is 0.354. The van der Waals surface area contributed by atoms with Gasteiger partial charge in [-0.25, -0.2) is 4.99 Å². The number of hydrogen-bond donors (Lipinski definition) is 1. The molecular formula is C14H21N3O2. The van der Waals surface area contributed by atoms with Crippen LogP contribution in [0.2, 0.25) is 0 Å². The minimum absolute atomic E-state index is 0.545. The highest BCUT2D eigenvalue weighted by atomic mass is 16.5. The molecule has 0 bridgehead atoms. The number of rotatable bonds is 5. The van der Waals surface area contributed by atoms with Gasteiger partial charge in [-0.2, -0.15) is 0 Å². The maximum Gasteiger partial charge on any atom is 0.191 e. The summed E-state index contributed by atoms with van der Waals surface area (Å²) in [5, 5.41) is 0. The Morgan fingerprint density at radius 2 is 2.00 bits per heavy atom. The predicted molar refractivity (Wildman–Crippen MR) is 75.7 cm³/mol. The van der Waals surface area contributed by atoms with E-state index in [1.54, 1.807) is 14.2 Å². The summed E-state index contributed by atoms with van der Waals surface area (Å²) in [6.07, 6.45) is 2.42. The summed E-state index contributed by atoms with van der Waals surface area (Å²) in [7, 11) is 5.24. The van der Waals surface area contributed by atoms with Gasteiger partial charge in [0.15, 0.2) is 17.5 Å². The molecule has 0 aliphatic heterocycles. The lowest BCUT2D eigenvalue weighted by atomic mass is 10.2. The Morgan fingerprint density at radius 3 is 2.58 bits per heavy atom. The van der Waals surface area contributed by atoms with E-state index >= 15 is 0 Å². The molecule has 2 N–H and O–H groups in total. The van der Waals surface area contributed by atoms with Crippen LogP contribution < -0.4 is 15.2 Å². The minimum atomic E-state index is 0.545. The average molecular weight is 263 g/mol. The molecule has 1 saturated carbocycles. The van der Waals surface area contributed by atoms with Crippen LogP contribution >= 0.6 is 0 Å². The zero-order valence-electron chi connectivity index (χ0n) is 11.7. The van der Waals surface area contributed by atoms with Crippen molar-refractivity contribution in [3.63, 3.8) is 0 Å². The van der Waals surface area contributed by atoms with E-state index in [1.165, 1.54) is 12.8 Å². The lowest BCUT2D eigenvalue weighted by Gasteiger charge is -2.17. The topological polar surface area (TPSA) is 60.1 Å². The number of ether oxygens (including phenoxy) is 2. The Kier molecular flexibility index (Phi) is 4.14. The quantitative estimate of drug-likeness (QED) is 0.647. The standard InChI is InChI=1S/C14H21N3O2/c1-17(11-5-6-11)14(15)16-9-10-4-7-12(18-2)13(8-10)19-3/h4,7-8,11H,5-6,9H2,1-3H3,(H2,15,16). The molecule has 1 aliphatic carbocycles. The van der Waals surface area contributed by atoms with Gasteiger partial charge < -0.3 is 20.1 Å². The molecule has 0 saturated heterocycles. The van der Waals surface area contributed by atoms with Crippen molar-refractivity contribution in [2.24, 2.45) is 10.7 Å². The van der Waals surface area contributed by atoms with Crippen LogP contribution in [-0.2, 0) is 6.54 Å². The summed E-state index contributed by atoms with van der Waals surface area (Å²) < 4.78 is 10.5. The van der Waals surface area contributed by atoms with E-state index in [-0.39, 0.29) is 0 Å². The number of nitrogens with zero attached hydrogens (tertiary/aromatic N) is 2. The monoisotopic (exact) mass is 263 g/mol. The van der Waals surface area contributed by atoms with Crippen molar-refractivity contribution >= 4 is 5.96 Å². The normalized spacial score (nSPS) is 15.2. The summed E-state index contributed by atoms with van der Waals surface area (Å²) in [6.45, 7) is 0.545. The highest BCUT2D eigenvalue weighted by molar-refractivity contribution is 5.78. The minimum Gasteiger partial charge on any atom is -0.493 e. The molecule has 0 amide bonds. The summed E-state index contributed by atoms with van der Waals surface area (Å²) in [6, 6.07) is 6.35. The maximum absolute atomic E-state index is 5.95. The number of methoxy groups -OCH3 is 2. The first-order chi connectivity index (χ1) is 9.15. The van der Waals surface area contributed by atoms with E-state index in [9.17, 15) is 0 Å². The Labute approximate surface area is 114 Å². The first-order valence-electron chi connectivity index (χ1n) is 6.39. The first-order valence-corrected chi connectivity index (χ1v) is 6.39. The molecule has 0 heterocycles. The third kappa shape index (κ3) is 3.30. The zero-order valence-corrected chi connectivity index (χ0v) is 11.7. The highest BCUT2D eigenvalue weighted by Gasteiger charge is 2.27. The molecular weight excluding hydrogens is 242 g/mol. The van der Waals surface area contributed by atoms with Gasteiger partial charge in [-0.15, -0.1) is 0 Å². The van der Waals surface area contributed by atoms with Crippen molar-refractivity contribution in [1.29, 1.82) is 0 Å². The average Bonchev–Trinajstić information content (AvgIpc) is 3.28. The van der Waals surface area contributed by atoms with Crippen LogP contribution in [-0.4, -0.2) is 38.2 Å². The molecule has 2 rings (SSSR count). The van der Waals surface area contributed by atoms with E-state index in [0.29, 0.717) is 24.3 Å². The SMILES string of the molecule is COc1ccc(CN=C(N)N(C)C2CC2)cc1OC. The van der Waals surface area contributed by atoms with Gasteiger partial charge in [-0.3, -0.25) is 0 Å². The largest absolute Gasteiger partial charge is 0.493 e. The van der Waals surface area contributed by atoms with Crippen molar-refractivity contribution in [2.45, 2.75) is 25.4 Å². The van der Waals surface area contributed by atoms with Crippen molar-refractivity contribution in [2.75, 3.05) is 21.3 Å². The first kappa shape index (κ1) is 13.5. The van der Waals surface area contributed by atoms with E-state index < -0.39 is 0 Å². The molecule has 104 valence electrons. The van der Waals surface area contributed by atoms with Crippen LogP contribution in [0.1, 0.15) is 18.4 Å². The fraction of sp³-hybridized carbons (Fsp3) is 0.500. The van der Waals surface area contributed by atoms with Gasteiger partial charge in [0.2, 0.25) is 0 Å². The molecule has 5 nitrogen and oxygen atoms in total. The fourth-order valence-electron chi connectivity index (χ4n) is 1.91. The summed E-state index contributed by atoms with van der Waals surface area (Å²) in [5.74, 6) is 2.03. The van der Waals surface area contributed by atoms with Crippen LogP contribution in [0.5, 0.6) is 11.5 Å². The van der Waals surface area contributed by atoms with Gasteiger partial charge in [0.1, 0.15) is 0 Å². The molecule has 1 fully saturated rings. The number of nitrogens with two attached hydrogens (primary N) is 1. The number of guanidine groups is 1. The molecule has 0 radical (unpaired) electrons. The summed E-state index contributed by atoms with van der Waals surface area (Å²) in [5.41, 5.74) is 7.00. The molecule has 0 spiro atoms. The Hall–Kier alpha value is -1.91. The molecule has 1 aromatic carbocycles. The van der Waals surface area contributed by atoms with Crippen molar-refractivity contribution in [3.05, 3.63) is 23.8 Å². The predicted octanol–water partition coefficient (Wildman–Crippen LogP) is 1.61. The van der Waals surface area contributed by atoms with Gasteiger partial charge in [0, 0.05) is 13.1 Å². The van der Waals surface area contributed by atoms with Gasteiger partial charge >= 0.3 is 0 Å². The third-order valence-electron chi connectivity index (χ3n) is 3.33. The summed E-state index contributed by atoms with van der Waals surface area (Å²) >= 11 is 0. The number of hydrogen-bond acceptors (Lipinski definition) is 3. The van der Waals surface area contributed by atoms with E-state index in [0.717, 1.165) is 11.3 Å². The van der Waals surface area contributed by atoms with Crippen LogP contribution in [0.25, 0.3) is 0 Å². The number of benzene rings is 1. The second-order valence-electron chi connectivity index (χ2n) is 4.71. The van der Waals surface area contributed by atoms with E-state index in [1.807, 2.05) is 30.1 Å². The Bertz CT molecular complexity index is 470. The lowest BCUT2D eigenvalue weighted by Crippen LogP contribution is -2.35. The van der Waals surface area contributed by atoms with Crippen molar-refractivity contribution in [1.82, 2.24) is 4.90 Å². The molecule has 5 heteroatoms. The van der Waals surface area contributed by atoms with Gasteiger partial charge in [-0.1, -0.05) is 6.07 Å². The second-order valence-corrected chi connectivity index (χ2v) is 4.71. The van der Waals surface area contributed by atoms with E-state index in [4.69, 9.17) is 15.2 Å². The van der Waals surface area contributed by atoms with Crippen LogP contribution in [0, 0.1) is 0 Å². The zero-order chi connectivity index (χ0) is 13.8.